The monoisotopic (exact) mass is 542 g/mol. The van der Waals surface area contributed by atoms with Crippen molar-refractivity contribution >= 4 is 28.7 Å². The van der Waals surface area contributed by atoms with Crippen LogP contribution in [0.1, 0.15) is 93.6 Å². The van der Waals surface area contributed by atoms with E-state index in [4.69, 9.17) is 0 Å². The molecule has 4 atom stereocenters. The standard InChI is InChI=1S/C29H42N4O4S/c1-38-16-15-24(29(36)37)31-27(34)26-28(35)33(25-12-8-7-11-23(25)30-26)22-17-20-13-14-21(18-22)32(20)19-9-5-3-2-4-6-10-19/h7-8,11-12,19-22,24,29,36-37H,2-6,9-10,13-18H2,1H3,(H,31,34)/t20-,21+,22+,24?. The maximum atomic E-state index is 13.9. The van der Waals surface area contributed by atoms with Crippen LogP contribution >= 0.6 is 11.8 Å². The Hall–Kier alpha value is -1.94. The first-order chi connectivity index (χ1) is 18.5. The predicted molar refractivity (Wildman–Crippen MR) is 152 cm³/mol. The van der Waals surface area contributed by atoms with Gasteiger partial charge < -0.3 is 20.1 Å². The lowest BCUT2D eigenvalue weighted by Crippen LogP contribution is -2.51. The first-order valence-corrected chi connectivity index (χ1v) is 15.8. The summed E-state index contributed by atoms with van der Waals surface area (Å²) < 4.78 is 1.82. The highest BCUT2D eigenvalue weighted by Crippen LogP contribution is 2.44. The molecular weight excluding hydrogens is 500 g/mol. The number of hydrogen-bond acceptors (Lipinski definition) is 7. The quantitative estimate of drug-likeness (QED) is 0.435. The number of aromatic nitrogens is 2. The van der Waals surface area contributed by atoms with E-state index in [1.54, 1.807) is 11.8 Å². The number of hydrogen-bond donors (Lipinski definition) is 3. The summed E-state index contributed by atoms with van der Waals surface area (Å²) in [5.41, 5.74) is 0.811. The Morgan fingerprint density at radius 2 is 1.66 bits per heavy atom. The van der Waals surface area contributed by atoms with Gasteiger partial charge in [-0.1, -0.05) is 44.2 Å². The van der Waals surface area contributed by atoms with E-state index in [2.05, 4.69) is 15.2 Å². The number of piperidine rings is 1. The number of thioether (sulfide) groups is 1. The fourth-order valence-corrected chi connectivity index (χ4v) is 7.66. The van der Waals surface area contributed by atoms with Gasteiger partial charge in [-0.3, -0.25) is 14.5 Å². The molecule has 9 heteroatoms. The van der Waals surface area contributed by atoms with E-state index in [0.29, 0.717) is 35.8 Å². The summed E-state index contributed by atoms with van der Waals surface area (Å²) in [5, 5.41) is 22.2. The second-order valence-corrected chi connectivity index (χ2v) is 12.3. The van der Waals surface area contributed by atoms with Gasteiger partial charge in [0.2, 0.25) is 0 Å². The lowest BCUT2D eigenvalue weighted by atomic mass is 9.89. The number of amides is 1. The number of nitrogens with zero attached hydrogens (tertiary/aromatic N) is 3. The molecule has 38 heavy (non-hydrogen) atoms. The highest BCUT2D eigenvalue weighted by Gasteiger charge is 2.44. The van der Waals surface area contributed by atoms with Gasteiger partial charge in [-0.05, 0) is 69.1 Å². The molecule has 1 saturated carbocycles. The van der Waals surface area contributed by atoms with Crippen LogP contribution in [0.5, 0.6) is 0 Å². The molecule has 1 aliphatic carbocycles. The maximum absolute atomic E-state index is 13.9. The van der Waals surface area contributed by atoms with Crippen molar-refractivity contribution in [3.8, 4) is 0 Å². The van der Waals surface area contributed by atoms with Crippen LogP contribution in [0, 0.1) is 0 Å². The third-order valence-electron chi connectivity index (χ3n) is 8.95. The minimum Gasteiger partial charge on any atom is -0.366 e. The van der Waals surface area contributed by atoms with Crippen molar-refractivity contribution < 1.29 is 15.0 Å². The molecule has 3 fully saturated rings. The van der Waals surface area contributed by atoms with Crippen molar-refractivity contribution in [3.05, 3.63) is 40.3 Å². The highest BCUT2D eigenvalue weighted by atomic mass is 32.2. The number of benzene rings is 1. The van der Waals surface area contributed by atoms with Gasteiger partial charge in [0.05, 0.1) is 17.1 Å². The Labute approximate surface area is 229 Å². The Morgan fingerprint density at radius 3 is 2.32 bits per heavy atom. The van der Waals surface area contributed by atoms with Gasteiger partial charge in [0.15, 0.2) is 12.0 Å². The first-order valence-electron chi connectivity index (χ1n) is 14.4. The summed E-state index contributed by atoms with van der Waals surface area (Å²) in [6, 6.07) is 8.30. The first kappa shape index (κ1) is 27.6. The lowest BCUT2D eigenvalue weighted by molar-refractivity contribution is -0.0654. The van der Waals surface area contributed by atoms with E-state index >= 15 is 0 Å². The molecule has 8 nitrogen and oxygen atoms in total. The van der Waals surface area contributed by atoms with E-state index in [1.165, 1.54) is 57.8 Å². The van der Waals surface area contributed by atoms with Crippen molar-refractivity contribution in [1.29, 1.82) is 0 Å². The Morgan fingerprint density at radius 1 is 1.00 bits per heavy atom. The molecule has 2 bridgehead atoms. The number of nitrogens with one attached hydrogen (secondary N) is 1. The summed E-state index contributed by atoms with van der Waals surface area (Å²) in [5.74, 6) is 0.00366. The average Bonchev–Trinajstić information content (AvgIpc) is 3.14. The van der Waals surface area contributed by atoms with Crippen LogP contribution < -0.4 is 10.9 Å². The molecular formula is C29H42N4O4S. The number of rotatable bonds is 8. The molecule has 0 spiro atoms. The minimum absolute atomic E-state index is 0.0139. The molecule has 3 aliphatic rings. The largest absolute Gasteiger partial charge is 0.366 e. The Kier molecular flexibility index (Phi) is 9.08. The number of aliphatic hydroxyl groups excluding tert-OH is 1. The lowest BCUT2D eigenvalue weighted by Gasteiger charge is -2.45. The van der Waals surface area contributed by atoms with Crippen LogP contribution in [0.4, 0.5) is 0 Å². The third-order valence-corrected chi connectivity index (χ3v) is 9.59. The summed E-state index contributed by atoms with van der Waals surface area (Å²) >= 11 is 1.56. The topological polar surface area (TPSA) is 108 Å². The van der Waals surface area contributed by atoms with Crippen LogP contribution in [0.3, 0.4) is 0 Å². The molecule has 1 unspecified atom stereocenters. The highest BCUT2D eigenvalue weighted by molar-refractivity contribution is 7.98. The predicted octanol–water partition coefficient (Wildman–Crippen LogP) is 3.84. The number of carbonyl (C=O) groups excluding carboxylic acids is 1. The maximum Gasteiger partial charge on any atom is 0.282 e. The van der Waals surface area contributed by atoms with Crippen LogP contribution in [0.25, 0.3) is 11.0 Å². The van der Waals surface area contributed by atoms with Gasteiger partial charge in [0, 0.05) is 24.2 Å². The van der Waals surface area contributed by atoms with E-state index in [1.807, 2.05) is 35.1 Å². The van der Waals surface area contributed by atoms with E-state index in [9.17, 15) is 19.8 Å². The zero-order valence-corrected chi connectivity index (χ0v) is 23.2. The molecule has 3 N–H and O–H groups in total. The number of para-hydroxylation sites is 2. The zero-order valence-electron chi connectivity index (χ0n) is 22.4. The van der Waals surface area contributed by atoms with Gasteiger partial charge in [-0.25, -0.2) is 4.98 Å². The molecule has 1 amide bonds. The summed E-state index contributed by atoms with van der Waals surface area (Å²) in [7, 11) is 0. The molecule has 1 aromatic carbocycles. The molecule has 5 rings (SSSR count). The second-order valence-electron chi connectivity index (χ2n) is 11.4. The van der Waals surface area contributed by atoms with E-state index in [0.717, 1.165) is 18.4 Å². The fraction of sp³-hybridized carbons (Fsp3) is 0.690. The van der Waals surface area contributed by atoms with Crippen LogP contribution in [0.15, 0.2) is 29.1 Å². The third kappa shape index (κ3) is 5.81. The molecule has 2 aliphatic heterocycles. The van der Waals surface area contributed by atoms with E-state index < -0.39 is 18.2 Å². The number of aliphatic hydroxyl groups is 2. The SMILES string of the molecule is CSCCC(NC(=O)c1nc2ccccc2n([C@H]2C[C@H]3CC[C@@H](C2)N3C2CCCCCCC2)c1=O)C(O)O. The van der Waals surface area contributed by atoms with Gasteiger partial charge in [-0.2, -0.15) is 11.8 Å². The fourth-order valence-electron chi connectivity index (χ4n) is 7.17. The van der Waals surface area contributed by atoms with E-state index in [-0.39, 0.29) is 17.3 Å². The Balaban J connectivity index is 1.43. The van der Waals surface area contributed by atoms with Crippen molar-refractivity contribution in [2.75, 3.05) is 12.0 Å². The molecule has 0 radical (unpaired) electrons. The number of carbonyl (C=O) groups is 1. The van der Waals surface area contributed by atoms with Crippen LogP contribution in [-0.4, -0.2) is 73.0 Å². The zero-order chi connectivity index (χ0) is 26.6. The summed E-state index contributed by atoms with van der Waals surface area (Å²) in [6.07, 6.45) is 14.0. The summed E-state index contributed by atoms with van der Waals surface area (Å²) in [4.78, 5) is 34.4. The van der Waals surface area contributed by atoms with Crippen LogP contribution in [-0.2, 0) is 0 Å². The van der Waals surface area contributed by atoms with Crippen molar-refractivity contribution in [2.24, 2.45) is 0 Å². The molecule has 2 aromatic rings. The summed E-state index contributed by atoms with van der Waals surface area (Å²) in [6.45, 7) is 0. The smallest absolute Gasteiger partial charge is 0.282 e. The van der Waals surface area contributed by atoms with Gasteiger partial charge >= 0.3 is 0 Å². The van der Waals surface area contributed by atoms with Crippen molar-refractivity contribution in [1.82, 2.24) is 19.8 Å². The van der Waals surface area contributed by atoms with Gasteiger partial charge in [0.1, 0.15) is 0 Å². The second kappa shape index (κ2) is 12.5. The van der Waals surface area contributed by atoms with Gasteiger partial charge in [0.25, 0.3) is 11.5 Å². The van der Waals surface area contributed by atoms with Crippen molar-refractivity contribution in [2.45, 2.75) is 114 Å². The molecule has 3 heterocycles. The van der Waals surface area contributed by atoms with Gasteiger partial charge in [-0.15, -0.1) is 0 Å². The van der Waals surface area contributed by atoms with Crippen molar-refractivity contribution in [3.63, 3.8) is 0 Å². The molecule has 2 saturated heterocycles. The average molecular weight is 543 g/mol. The normalized spacial score (nSPS) is 25.8. The molecule has 208 valence electrons. The minimum atomic E-state index is -1.71. The van der Waals surface area contributed by atoms with Crippen LogP contribution in [0.2, 0.25) is 0 Å². The number of fused-ring (bicyclic) bond motifs is 3. The molecule has 1 aromatic heterocycles. The Bertz CT molecular complexity index is 1150.